The third-order valence-electron chi connectivity index (χ3n) is 3.69. The molecule has 7 heteroatoms. The van der Waals surface area contributed by atoms with E-state index in [4.69, 9.17) is 0 Å². The van der Waals surface area contributed by atoms with Crippen molar-refractivity contribution in [1.82, 2.24) is 0 Å². The van der Waals surface area contributed by atoms with Crippen LogP contribution in [0.2, 0.25) is 0 Å². The fraction of sp³-hybridized carbons (Fsp3) is 0.538. The topological polar surface area (TPSA) is 89.3 Å². The van der Waals surface area contributed by atoms with Gasteiger partial charge in [-0.3, -0.25) is 10.1 Å². The number of hydrogen-bond acceptors (Lipinski definition) is 5. The zero-order valence-electron chi connectivity index (χ0n) is 11.5. The summed E-state index contributed by atoms with van der Waals surface area (Å²) in [6, 6.07) is 4.55. The van der Waals surface area contributed by atoms with Gasteiger partial charge in [0.25, 0.3) is 5.69 Å². The van der Waals surface area contributed by atoms with E-state index in [0.717, 1.165) is 12.0 Å². The van der Waals surface area contributed by atoms with Crippen molar-refractivity contribution >= 4 is 21.2 Å². The summed E-state index contributed by atoms with van der Waals surface area (Å²) in [4.78, 5) is 10.6. The lowest BCUT2D eigenvalue weighted by atomic mass is 10.1. The number of anilines is 1. The molecule has 0 aromatic heterocycles. The number of sulfone groups is 1. The summed E-state index contributed by atoms with van der Waals surface area (Å²) < 4.78 is 23.5. The van der Waals surface area contributed by atoms with E-state index in [2.05, 4.69) is 5.32 Å². The molecular formula is C13H18N2O4S. The number of nitro benzene ring substituents is 1. The first-order valence-corrected chi connectivity index (χ1v) is 8.45. The quantitative estimate of drug-likeness (QED) is 0.680. The average Bonchev–Trinajstić information content (AvgIpc) is 2.76. The maximum absolute atomic E-state index is 11.7. The SMILES string of the molecule is Cc1ccc([N+](=O)[O-])c(NC2CCCC2S(C)(=O)=O)c1. The highest BCUT2D eigenvalue weighted by molar-refractivity contribution is 7.91. The van der Waals surface area contributed by atoms with Gasteiger partial charge in [0, 0.05) is 18.4 Å². The number of hydrogen-bond donors (Lipinski definition) is 1. The summed E-state index contributed by atoms with van der Waals surface area (Å²) in [5.41, 5.74) is 1.28. The lowest BCUT2D eigenvalue weighted by Crippen LogP contribution is -2.34. The molecule has 6 nitrogen and oxygen atoms in total. The normalized spacial score (nSPS) is 22.7. The second-order valence-corrected chi connectivity index (χ2v) is 7.59. The number of benzene rings is 1. The lowest BCUT2D eigenvalue weighted by molar-refractivity contribution is -0.384. The van der Waals surface area contributed by atoms with Crippen LogP contribution in [0.25, 0.3) is 0 Å². The zero-order chi connectivity index (χ0) is 14.9. The van der Waals surface area contributed by atoms with Crippen molar-refractivity contribution in [2.24, 2.45) is 0 Å². The minimum atomic E-state index is -3.15. The number of nitrogens with one attached hydrogen (secondary N) is 1. The molecule has 20 heavy (non-hydrogen) atoms. The van der Waals surface area contributed by atoms with Crippen LogP contribution in [0.3, 0.4) is 0 Å². The van der Waals surface area contributed by atoms with E-state index in [1.54, 1.807) is 12.1 Å². The van der Waals surface area contributed by atoms with E-state index < -0.39 is 20.0 Å². The van der Waals surface area contributed by atoms with Gasteiger partial charge >= 0.3 is 0 Å². The van der Waals surface area contributed by atoms with Gasteiger partial charge in [0.2, 0.25) is 0 Å². The highest BCUT2D eigenvalue weighted by atomic mass is 32.2. The van der Waals surface area contributed by atoms with E-state index in [0.29, 0.717) is 18.5 Å². The number of nitro groups is 1. The first-order valence-electron chi connectivity index (χ1n) is 6.49. The van der Waals surface area contributed by atoms with Gasteiger partial charge in [0.05, 0.1) is 10.2 Å². The summed E-state index contributed by atoms with van der Waals surface area (Å²) in [5, 5.41) is 13.6. The summed E-state index contributed by atoms with van der Waals surface area (Å²) in [6.45, 7) is 1.84. The smallest absolute Gasteiger partial charge is 0.292 e. The molecule has 1 aromatic carbocycles. The standard InChI is InChI=1S/C13H18N2O4S/c1-9-6-7-12(15(16)17)11(8-9)14-10-4-3-5-13(10)20(2,18)19/h6-8,10,13-14H,3-5H2,1-2H3. The van der Waals surface area contributed by atoms with Crippen molar-refractivity contribution in [2.45, 2.75) is 37.5 Å². The molecule has 1 fully saturated rings. The molecule has 1 aliphatic carbocycles. The maximum atomic E-state index is 11.7. The van der Waals surface area contributed by atoms with Crippen LogP contribution >= 0.6 is 0 Å². The van der Waals surface area contributed by atoms with Gasteiger partial charge in [0.1, 0.15) is 5.69 Å². The molecule has 0 bridgehead atoms. The first-order chi connectivity index (χ1) is 9.29. The summed E-state index contributed by atoms with van der Waals surface area (Å²) in [6.07, 6.45) is 3.36. The minimum Gasteiger partial charge on any atom is -0.375 e. The summed E-state index contributed by atoms with van der Waals surface area (Å²) in [5.74, 6) is 0. The average molecular weight is 298 g/mol. The molecule has 2 unspecified atom stereocenters. The molecule has 2 rings (SSSR count). The molecule has 1 saturated carbocycles. The Balaban J connectivity index is 2.30. The second kappa shape index (κ2) is 5.40. The molecule has 0 spiro atoms. The van der Waals surface area contributed by atoms with Crippen molar-refractivity contribution in [3.63, 3.8) is 0 Å². The zero-order valence-corrected chi connectivity index (χ0v) is 12.3. The third kappa shape index (κ3) is 3.09. The second-order valence-electron chi connectivity index (χ2n) is 5.33. The van der Waals surface area contributed by atoms with Gasteiger partial charge in [-0.2, -0.15) is 0 Å². The van der Waals surface area contributed by atoms with Gasteiger partial charge in [-0.15, -0.1) is 0 Å². The Hall–Kier alpha value is -1.63. The molecule has 110 valence electrons. The molecule has 0 amide bonds. The Morgan fingerprint density at radius 2 is 2.05 bits per heavy atom. The number of aryl methyl sites for hydroxylation is 1. The Morgan fingerprint density at radius 3 is 2.65 bits per heavy atom. The molecule has 0 radical (unpaired) electrons. The van der Waals surface area contributed by atoms with Crippen LogP contribution in [0.1, 0.15) is 24.8 Å². The monoisotopic (exact) mass is 298 g/mol. The maximum Gasteiger partial charge on any atom is 0.292 e. The third-order valence-corrected chi connectivity index (χ3v) is 5.36. The lowest BCUT2D eigenvalue weighted by Gasteiger charge is -2.20. The molecule has 1 aromatic rings. The molecular weight excluding hydrogens is 280 g/mol. The van der Waals surface area contributed by atoms with Crippen LogP contribution in [0, 0.1) is 17.0 Å². The number of rotatable bonds is 4. The van der Waals surface area contributed by atoms with E-state index in [9.17, 15) is 18.5 Å². The van der Waals surface area contributed by atoms with Crippen LogP contribution in [0.15, 0.2) is 18.2 Å². The Kier molecular flexibility index (Phi) is 3.99. The van der Waals surface area contributed by atoms with Crippen molar-refractivity contribution in [3.8, 4) is 0 Å². The van der Waals surface area contributed by atoms with Crippen molar-refractivity contribution in [1.29, 1.82) is 0 Å². The Bertz CT molecular complexity index is 627. The molecule has 0 heterocycles. The Labute approximate surface area is 118 Å². The molecule has 0 saturated heterocycles. The van der Waals surface area contributed by atoms with Crippen molar-refractivity contribution in [3.05, 3.63) is 33.9 Å². The van der Waals surface area contributed by atoms with Crippen molar-refractivity contribution < 1.29 is 13.3 Å². The Morgan fingerprint density at radius 1 is 1.35 bits per heavy atom. The van der Waals surface area contributed by atoms with Crippen LogP contribution in [0.5, 0.6) is 0 Å². The number of nitrogens with zero attached hydrogens (tertiary/aromatic N) is 1. The van der Waals surface area contributed by atoms with Crippen LogP contribution < -0.4 is 5.32 Å². The predicted octanol–water partition coefficient (Wildman–Crippen LogP) is 2.28. The largest absolute Gasteiger partial charge is 0.375 e. The van der Waals surface area contributed by atoms with Gasteiger partial charge in [-0.25, -0.2) is 8.42 Å². The molecule has 0 aliphatic heterocycles. The van der Waals surface area contributed by atoms with Gasteiger partial charge in [-0.1, -0.05) is 6.07 Å². The summed E-state index contributed by atoms with van der Waals surface area (Å²) in [7, 11) is -3.15. The minimum absolute atomic E-state index is 0.0187. The van der Waals surface area contributed by atoms with Gasteiger partial charge < -0.3 is 5.32 Å². The van der Waals surface area contributed by atoms with Gasteiger partial charge in [-0.05, 0) is 37.8 Å². The molecule has 1 N–H and O–H groups in total. The molecule has 2 atom stereocenters. The van der Waals surface area contributed by atoms with E-state index >= 15 is 0 Å². The predicted molar refractivity (Wildman–Crippen MR) is 77.7 cm³/mol. The van der Waals surface area contributed by atoms with E-state index in [1.807, 2.05) is 6.92 Å². The fourth-order valence-electron chi connectivity index (χ4n) is 2.73. The van der Waals surface area contributed by atoms with Gasteiger partial charge in [0.15, 0.2) is 9.84 Å². The van der Waals surface area contributed by atoms with E-state index in [1.165, 1.54) is 12.3 Å². The molecule has 1 aliphatic rings. The van der Waals surface area contributed by atoms with E-state index in [-0.39, 0.29) is 11.7 Å². The highest BCUT2D eigenvalue weighted by Gasteiger charge is 2.35. The highest BCUT2D eigenvalue weighted by Crippen LogP contribution is 2.32. The van der Waals surface area contributed by atoms with Crippen LogP contribution in [0.4, 0.5) is 11.4 Å². The fourth-order valence-corrected chi connectivity index (χ4v) is 4.12. The summed E-state index contributed by atoms with van der Waals surface area (Å²) >= 11 is 0. The van der Waals surface area contributed by atoms with Crippen LogP contribution in [-0.4, -0.2) is 30.9 Å². The van der Waals surface area contributed by atoms with Crippen LogP contribution in [-0.2, 0) is 9.84 Å². The first kappa shape index (κ1) is 14.8. The van der Waals surface area contributed by atoms with Crippen molar-refractivity contribution in [2.75, 3.05) is 11.6 Å².